The third-order valence-electron chi connectivity index (χ3n) is 3.40. The molecule has 25 heavy (non-hydrogen) atoms. The zero-order valence-electron chi connectivity index (χ0n) is 14.5. The number of nitrogens with two attached hydrogens (primary N) is 1. The van der Waals surface area contributed by atoms with Crippen molar-refractivity contribution in [3.8, 4) is 0 Å². The molecular formula is C17H26N4O4. The molecular weight excluding hydrogens is 324 g/mol. The van der Waals surface area contributed by atoms with Crippen LogP contribution in [0.2, 0.25) is 0 Å². The second-order valence-corrected chi connectivity index (χ2v) is 5.44. The van der Waals surface area contributed by atoms with Gasteiger partial charge in [-0.3, -0.25) is 19.4 Å². The third-order valence-corrected chi connectivity index (χ3v) is 3.40. The van der Waals surface area contributed by atoms with Crippen LogP contribution in [0.4, 0.5) is 0 Å². The first-order valence-corrected chi connectivity index (χ1v) is 8.38. The van der Waals surface area contributed by atoms with E-state index in [2.05, 4.69) is 15.6 Å². The predicted octanol–water partition coefficient (Wildman–Crippen LogP) is 0.437. The number of carbonyl (C=O) groups is 3. The number of carbonyl (C=O) groups excluding carboxylic acids is 3. The number of nitrogens with zero attached hydrogens (tertiary/aromatic N) is 1. The SMILES string of the molecule is CCOC(=O)CC(NC(=O)CNC(=O)CCCCN)c1cccnc1. The van der Waals surface area contributed by atoms with Gasteiger partial charge in [-0.1, -0.05) is 6.07 Å². The van der Waals surface area contributed by atoms with Crippen molar-refractivity contribution in [3.05, 3.63) is 30.1 Å². The van der Waals surface area contributed by atoms with Gasteiger partial charge in [0, 0.05) is 18.8 Å². The Kier molecular flexibility index (Phi) is 9.84. The summed E-state index contributed by atoms with van der Waals surface area (Å²) < 4.78 is 4.94. The van der Waals surface area contributed by atoms with Gasteiger partial charge in [0.05, 0.1) is 25.6 Å². The monoisotopic (exact) mass is 350 g/mol. The first kappa shape index (κ1) is 20.6. The average Bonchev–Trinajstić information content (AvgIpc) is 2.60. The lowest BCUT2D eigenvalue weighted by Crippen LogP contribution is -2.39. The summed E-state index contributed by atoms with van der Waals surface area (Å²) in [6.07, 6.45) is 4.96. The average molecular weight is 350 g/mol. The number of ether oxygens (including phenoxy) is 1. The molecule has 0 aliphatic heterocycles. The second-order valence-electron chi connectivity index (χ2n) is 5.44. The smallest absolute Gasteiger partial charge is 0.308 e. The van der Waals surface area contributed by atoms with Gasteiger partial charge in [0.15, 0.2) is 0 Å². The summed E-state index contributed by atoms with van der Waals surface area (Å²) in [5, 5.41) is 5.28. The molecule has 1 aromatic rings. The van der Waals surface area contributed by atoms with Crippen molar-refractivity contribution in [1.29, 1.82) is 0 Å². The Balaban J connectivity index is 2.54. The van der Waals surface area contributed by atoms with Crippen LogP contribution in [-0.4, -0.2) is 42.5 Å². The maximum atomic E-state index is 12.1. The molecule has 0 saturated heterocycles. The molecule has 8 heteroatoms. The van der Waals surface area contributed by atoms with Gasteiger partial charge in [0.25, 0.3) is 0 Å². The minimum absolute atomic E-state index is 0.00425. The standard InChI is InChI=1S/C17H26N4O4/c1-2-25-17(24)10-14(13-6-5-9-19-11-13)21-16(23)12-20-15(22)7-3-4-8-18/h5-6,9,11,14H,2-4,7-8,10,12,18H2,1H3,(H,20,22)(H,21,23). The molecule has 4 N–H and O–H groups in total. The normalized spacial score (nSPS) is 11.4. The highest BCUT2D eigenvalue weighted by Gasteiger charge is 2.19. The maximum Gasteiger partial charge on any atom is 0.308 e. The molecule has 138 valence electrons. The molecule has 0 spiro atoms. The number of hydrogen-bond donors (Lipinski definition) is 3. The number of rotatable bonds is 11. The minimum Gasteiger partial charge on any atom is -0.466 e. The number of hydrogen-bond acceptors (Lipinski definition) is 6. The molecule has 0 saturated carbocycles. The first-order chi connectivity index (χ1) is 12.1. The van der Waals surface area contributed by atoms with Gasteiger partial charge < -0.3 is 21.1 Å². The molecule has 1 unspecified atom stereocenters. The van der Waals surface area contributed by atoms with E-state index in [4.69, 9.17) is 10.5 Å². The Hall–Kier alpha value is -2.48. The fourth-order valence-electron chi connectivity index (χ4n) is 2.16. The van der Waals surface area contributed by atoms with Crippen LogP contribution in [-0.2, 0) is 19.1 Å². The van der Waals surface area contributed by atoms with E-state index in [9.17, 15) is 14.4 Å². The van der Waals surface area contributed by atoms with Crippen molar-refractivity contribution in [2.24, 2.45) is 5.73 Å². The fraction of sp³-hybridized carbons (Fsp3) is 0.529. The van der Waals surface area contributed by atoms with E-state index in [0.29, 0.717) is 24.9 Å². The highest BCUT2D eigenvalue weighted by Crippen LogP contribution is 2.16. The molecule has 0 bridgehead atoms. The molecule has 8 nitrogen and oxygen atoms in total. The topological polar surface area (TPSA) is 123 Å². The van der Waals surface area contributed by atoms with Crippen molar-refractivity contribution >= 4 is 17.8 Å². The first-order valence-electron chi connectivity index (χ1n) is 8.38. The highest BCUT2D eigenvalue weighted by atomic mass is 16.5. The lowest BCUT2D eigenvalue weighted by molar-refractivity contribution is -0.144. The van der Waals surface area contributed by atoms with Crippen LogP contribution in [0.1, 0.15) is 44.2 Å². The van der Waals surface area contributed by atoms with E-state index >= 15 is 0 Å². The lowest BCUT2D eigenvalue weighted by Gasteiger charge is -2.18. The van der Waals surface area contributed by atoms with Crippen molar-refractivity contribution in [3.63, 3.8) is 0 Å². The van der Waals surface area contributed by atoms with Crippen LogP contribution >= 0.6 is 0 Å². The number of nitrogens with one attached hydrogen (secondary N) is 2. The summed E-state index contributed by atoms with van der Waals surface area (Å²) in [6, 6.07) is 2.93. The van der Waals surface area contributed by atoms with Crippen LogP contribution in [0, 0.1) is 0 Å². The molecule has 1 heterocycles. The molecule has 1 rings (SSSR count). The fourth-order valence-corrected chi connectivity index (χ4v) is 2.16. The zero-order chi connectivity index (χ0) is 18.5. The van der Waals surface area contributed by atoms with E-state index in [0.717, 1.165) is 6.42 Å². The maximum absolute atomic E-state index is 12.1. The second kappa shape index (κ2) is 12.0. The number of amides is 2. The Morgan fingerprint density at radius 3 is 2.72 bits per heavy atom. The summed E-state index contributed by atoms with van der Waals surface area (Å²) in [6.45, 7) is 2.37. The van der Waals surface area contributed by atoms with Gasteiger partial charge in [-0.25, -0.2) is 0 Å². The van der Waals surface area contributed by atoms with Crippen LogP contribution < -0.4 is 16.4 Å². The Morgan fingerprint density at radius 1 is 1.28 bits per heavy atom. The van der Waals surface area contributed by atoms with E-state index in [-0.39, 0.29) is 31.4 Å². The van der Waals surface area contributed by atoms with E-state index < -0.39 is 12.0 Å². The predicted molar refractivity (Wildman–Crippen MR) is 92.3 cm³/mol. The Morgan fingerprint density at radius 2 is 2.08 bits per heavy atom. The van der Waals surface area contributed by atoms with Crippen LogP contribution in [0.3, 0.4) is 0 Å². The van der Waals surface area contributed by atoms with E-state index in [1.54, 1.807) is 31.5 Å². The van der Waals surface area contributed by atoms with Gasteiger partial charge in [0.2, 0.25) is 11.8 Å². The van der Waals surface area contributed by atoms with Gasteiger partial charge in [-0.2, -0.15) is 0 Å². The summed E-state index contributed by atoms with van der Waals surface area (Å²) in [5.41, 5.74) is 6.06. The summed E-state index contributed by atoms with van der Waals surface area (Å²) >= 11 is 0. The van der Waals surface area contributed by atoms with Crippen molar-refractivity contribution in [2.75, 3.05) is 19.7 Å². The van der Waals surface area contributed by atoms with E-state index in [1.165, 1.54) is 0 Å². The molecule has 0 aliphatic rings. The molecule has 0 aromatic carbocycles. The number of pyridine rings is 1. The van der Waals surface area contributed by atoms with Crippen LogP contribution in [0.25, 0.3) is 0 Å². The minimum atomic E-state index is -0.561. The Bertz CT molecular complexity index is 551. The Labute approximate surface area is 147 Å². The van der Waals surface area contributed by atoms with Gasteiger partial charge in [-0.05, 0) is 37.9 Å². The summed E-state index contributed by atoms with van der Waals surface area (Å²) in [4.78, 5) is 39.5. The summed E-state index contributed by atoms with van der Waals surface area (Å²) in [5.74, 6) is -1.00. The number of aromatic nitrogens is 1. The molecule has 0 fully saturated rings. The van der Waals surface area contributed by atoms with Crippen molar-refractivity contribution < 1.29 is 19.1 Å². The number of esters is 1. The van der Waals surface area contributed by atoms with Gasteiger partial charge >= 0.3 is 5.97 Å². The molecule has 1 atom stereocenters. The van der Waals surface area contributed by atoms with Gasteiger partial charge in [0.1, 0.15) is 0 Å². The van der Waals surface area contributed by atoms with Crippen molar-refractivity contribution in [1.82, 2.24) is 15.6 Å². The third kappa shape index (κ3) is 8.80. The molecule has 1 aromatic heterocycles. The summed E-state index contributed by atoms with van der Waals surface area (Å²) in [7, 11) is 0. The van der Waals surface area contributed by atoms with E-state index in [1.807, 2.05) is 0 Å². The number of unbranched alkanes of at least 4 members (excludes halogenated alkanes) is 1. The molecule has 0 aliphatic carbocycles. The quantitative estimate of drug-likeness (QED) is 0.393. The molecule has 2 amide bonds. The van der Waals surface area contributed by atoms with Gasteiger partial charge in [-0.15, -0.1) is 0 Å². The zero-order valence-corrected chi connectivity index (χ0v) is 14.5. The van der Waals surface area contributed by atoms with Crippen LogP contribution in [0.15, 0.2) is 24.5 Å². The van der Waals surface area contributed by atoms with Crippen LogP contribution in [0.5, 0.6) is 0 Å². The lowest BCUT2D eigenvalue weighted by atomic mass is 10.1. The highest BCUT2D eigenvalue weighted by molar-refractivity contribution is 5.85. The molecule has 0 radical (unpaired) electrons. The van der Waals surface area contributed by atoms with Crippen molar-refractivity contribution in [2.45, 2.75) is 38.6 Å². The largest absolute Gasteiger partial charge is 0.466 e.